The zero-order chi connectivity index (χ0) is 41.9. The lowest BCUT2D eigenvalue weighted by Crippen LogP contribution is -2.50. The number of carbonyl (C=O) groups excluding carboxylic acids is 3. The van der Waals surface area contributed by atoms with Crippen molar-refractivity contribution >= 4 is 52.2 Å². The van der Waals surface area contributed by atoms with E-state index < -0.39 is 30.8 Å². The van der Waals surface area contributed by atoms with Gasteiger partial charge >= 0.3 is 13.3 Å². The van der Waals surface area contributed by atoms with Gasteiger partial charge in [0.1, 0.15) is 11.8 Å². The van der Waals surface area contributed by atoms with E-state index in [1.54, 1.807) is 4.90 Å². The molecule has 10 nitrogen and oxygen atoms in total. The molecule has 3 aromatic rings. The van der Waals surface area contributed by atoms with Crippen LogP contribution in [0.4, 0.5) is 8.78 Å². The standard InChI is InChI=1S/C43H58F2N3O7PS/c1-8-33-34(28(4)5)12-13-35-40(33)55-26-42(35)17-21-47(22-18-42)19-16-39(50)48(20-15-29(6)10-9-27(2)3)25-36(30(7)49)46-41(51)38-24-31-23-32(11-14-37(31)57-38)43(44,45)56(52,53)54/h11-14,23-24,27,29,36H,4,8-10,15-22,25-26H2,1-3,5-7H3,(H,46,51)(H2,52,53,54). The van der Waals surface area contributed by atoms with Crippen LogP contribution in [0, 0.1) is 11.8 Å². The summed E-state index contributed by atoms with van der Waals surface area (Å²) in [6.45, 7) is 19.5. The molecule has 1 spiro atoms. The number of Topliss-reactive ketones (excluding diaryl/α,β-unsaturated/α-hetero) is 1. The number of piperidine rings is 1. The monoisotopic (exact) mass is 829 g/mol. The zero-order valence-corrected chi connectivity index (χ0v) is 35.7. The summed E-state index contributed by atoms with van der Waals surface area (Å²) >= 11 is 1.00. The Hall–Kier alpha value is -3.48. The van der Waals surface area contributed by atoms with Crippen molar-refractivity contribution in [3.05, 3.63) is 70.1 Å². The number of nitrogens with one attached hydrogen (secondary N) is 1. The molecule has 1 aromatic heterocycles. The number of nitrogens with zero attached hydrogens (tertiary/aromatic N) is 2. The highest BCUT2D eigenvalue weighted by Crippen LogP contribution is 2.59. The summed E-state index contributed by atoms with van der Waals surface area (Å²) < 4.78 is 47.1. The molecule has 57 heavy (non-hydrogen) atoms. The number of hydrogen-bond donors (Lipinski definition) is 3. The minimum Gasteiger partial charge on any atom is -0.492 e. The number of thiophene rings is 1. The van der Waals surface area contributed by atoms with Crippen LogP contribution < -0.4 is 10.1 Å². The summed E-state index contributed by atoms with van der Waals surface area (Å²) in [6, 6.07) is 7.89. The molecule has 2 atom stereocenters. The molecule has 0 saturated carbocycles. The minimum absolute atomic E-state index is 0.0104. The van der Waals surface area contributed by atoms with Crippen molar-refractivity contribution < 1.29 is 42.3 Å². The molecule has 312 valence electrons. The first-order chi connectivity index (χ1) is 26.8. The molecule has 14 heteroatoms. The van der Waals surface area contributed by atoms with Gasteiger partial charge in [-0.2, -0.15) is 8.78 Å². The van der Waals surface area contributed by atoms with Crippen molar-refractivity contribution in [2.75, 3.05) is 39.3 Å². The Labute approximate surface area is 339 Å². The fourth-order valence-corrected chi connectivity index (χ4v) is 9.39. The lowest BCUT2D eigenvalue weighted by atomic mass is 9.73. The lowest BCUT2D eigenvalue weighted by Gasteiger charge is -2.39. The summed E-state index contributed by atoms with van der Waals surface area (Å²) in [7, 11) is -5.78. The number of amides is 2. The van der Waals surface area contributed by atoms with Crippen LogP contribution in [0.15, 0.2) is 43.0 Å². The first-order valence-corrected chi connectivity index (χ1v) is 22.4. The average Bonchev–Trinajstić information content (AvgIpc) is 3.75. The Kier molecular flexibility index (Phi) is 14.2. The molecule has 1 fully saturated rings. The predicted molar refractivity (Wildman–Crippen MR) is 222 cm³/mol. The number of rotatable bonds is 18. The van der Waals surface area contributed by atoms with Gasteiger partial charge in [-0.15, -0.1) is 11.3 Å². The van der Waals surface area contributed by atoms with Gasteiger partial charge in [0, 0.05) is 52.9 Å². The second-order valence-corrected chi connectivity index (χ2v) is 19.3. The van der Waals surface area contributed by atoms with Crippen molar-refractivity contribution in [2.45, 2.75) is 104 Å². The molecule has 3 heterocycles. The number of allylic oxidation sites excluding steroid dienone is 1. The second-order valence-electron chi connectivity index (χ2n) is 16.6. The van der Waals surface area contributed by atoms with Crippen molar-refractivity contribution in [3.8, 4) is 5.75 Å². The molecule has 2 unspecified atom stereocenters. The van der Waals surface area contributed by atoms with Crippen LogP contribution in [-0.4, -0.2) is 82.6 Å². The zero-order valence-electron chi connectivity index (χ0n) is 34.0. The topological polar surface area (TPSA) is 136 Å². The van der Waals surface area contributed by atoms with E-state index in [9.17, 15) is 37.5 Å². The molecular weight excluding hydrogens is 772 g/mol. The number of alkyl halides is 2. The van der Waals surface area contributed by atoms with Gasteiger partial charge in [-0.25, -0.2) is 0 Å². The van der Waals surface area contributed by atoms with Crippen molar-refractivity contribution in [2.24, 2.45) is 11.8 Å². The van der Waals surface area contributed by atoms with Crippen LogP contribution in [-0.2, 0) is 31.7 Å². The maximum atomic E-state index is 14.4. The summed E-state index contributed by atoms with van der Waals surface area (Å²) in [5, 5.41) is 2.97. The fraction of sp³-hybridized carbons (Fsp3) is 0.558. The van der Waals surface area contributed by atoms with Gasteiger partial charge in [-0.1, -0.05) is 70.9 Å². The van der Waals surface area contributed by atoms with Gasteiger partial charge in [0.2, 0.25) is 5.91 Å². The molecule has 0 bridgehead atoms. The smallest absolute Gasteiger partial charge is 0.399 e. The first-order valence-electron chi connectivity index (χ1n) is 20.0. The first kappa shape index (κ1) is 44.6. The number of ether oxygens (including phenoxy) is 1. The van der Waals surface area contributed by atoms with Crippen LogP contribution in [0.5, 0.6) is 5.75 Å². The molecular formula is C43H58F2N3O7PS. The van der Waals surface area contributed by atoms with Gasteiger partial charge in [-0.05, 0) is 93.6 Å². The molecule has 5 rings (SSSR count). The van der Waals surface area contributed by atoms with Crippen molar-refractivity contribution in [1.82, 2.24) is 15.1 Å². The van der Waals surface area contributed by atoms with Gasteiger partial charge in [0.25, 0.3) is 5.91 Å². The third-order valence-electron chi connectivity index (χ3n) is 11.7. The minimum atomic E-state index is -5.78. The molecule has 0 radical (unpaired) electrons. The molecule has 2 aliphatic heterocycles. The van der Waals surface area contributed by atoms with E-state index in [-0.39, 0.29) is 40.3 Å². The van der Waals surface area contributed by atoms with Gasteiger partial charge in [-0.3, -0.25) is 18.9 Å². The molecule has 0 aliphatic carbocycles. The normalized spacial score (nSPS) is 16.7. The van der Waals surface area contributed by atoms with Crippen LogP contribution in [0.1, 0.15) is 112 Å². The van der Waals surface area contributed by atoms with Crippen molar-refractivity contribution in [1.29, 1.82) is 0 Å². The van der Waals surface area contributed by atoms with E-state index in [0.29, 0.717) is 36.2 Å². The molecule has 3 N–H and O–H groups in total. The quantitative estimate of drug-likeness (QED) is 0.109. The van der Waals surface area contributed by atoms with Crippen LogP contribution in [0.2, 0.25) is 0 Å². The third kappa shape index (κ3) is 10.2. The number of halogens is 2. The maximum Gasteiger partial charge on any atom is 0.399 e. The Morgan fingerprint density at radius 3 is 2.39 bits per heavy atom. The highest BCUT2D eigenvalue weighted by molar-refractivity contribution is 7.52. The van der Waals surface area contributed by atoms with E-state index in [4.69, 9.17) is 4.74 Å². The average molecular weight is 830 g/mol. The van der Waals surface area contributed by atoms with E-state index in [2.05, 4.69) is 56.6 Å². The summed E-state index contributed by atoms with van der Waals surface area (Å²) in [6.07, 6.45) is 5.80. The van der Waals surface area contributed by atoms with Gasteiger partial charge in [0.15, 0.2) is 5.78 Å². The van der Waals surface area contributed by atoms with E-state index in [0.717, 1.165) is 92.0 Å². The van der Waals surface area contributed by atoms with Crippen molar-refractivity contribution in [3.63, 3.8) is 0 Å². The Bertz CT molecular complexity index is 2020. The third-order valence-corrected chi connectivity index (χ3v) is 13.8. The van der Waals surface area contributed by atoms with Gasteiger partial charge < -0.3 is 29.6 Å². The molecule has 2 aromatic carbocycles. The number of ketones is 1. The summed E-state index contributed by atoms with van der Waals surface area (Å²) in [5.74, 6) is 0.877. The Balaban J connectivity index is 1.25. The lowest BCUT2D eigenvalue weighted by molar-refractivity contribution is -0.132. The SMILES string of the molecule is C=C(C)c1ccc2c(c1CC)OCC21CCN(CCC(=O)N(CCC(C)CCC(C)C)CC(NC(=O)c2cc3cc(C(F)(F)P(=O)(O)O)ccc3s2)C(C)=O)CC1. The number of fused-ring (bicyclic) bond motifs is 3. The number of hydrogen-bond acceptors (Lipinski definition) is 7. The van der Waals surface area contributed by atoms with E-state index in [1.165, 1.54) is 30.2 Å². The molecule has 1 saturated heterocycles. The summed E-state index contributed by atoms with van der Waals surface area (Å²) in [4.78, 5) is 63.0. The summed E-state index contributed by atoms with van der Waals surface area (Å²) in [5.41, 5.74) is -0.636. The second kappa shape index (κ2) is 18.2. The Morgan fingerprint density at radius 2 is 1.77 bits per heavy atom. The van der Waals surface area contributed by atoms with E-state index >= 15 is 0 Å². The Morgan fingerprint density at radius 1 is 1.07 bits per heavy atom. The van der Waals surface area contributed by atoms with Crippen LogP contribution in [0.25, 0.3) is 15.7 Å². The van der Waals surface area contributed by atoms with Crippen LogP contribution in [0.3, 0.4) is 0 Å². The predicted octanol–water partition coefficient (Wildman–Crippen LogP) is 8.52. The number of carbonyl (C=O) groups is 3. The maximum absolute atomic E-state index is 14.4. The molecule has 2 amide bonds. The fourth-order valence-electron chi connectivity index (χ4n) is 7.97. The van der Waals surface area contributed by atoms with E-state index in [1.807, 2.05) is 6.92 Å². The van der Waals surface area contributed by atoms with Gasteiger partial charge in [0.05, 0.1) is 11.5 Å². The largest absolute Gasteiger partial charge is 0.492 e. The number of benzene rings is 2. The highest BCUT2D eigenvalue weighted by Gasteiger charge is 2.50. The van der Waals surface area contributed by atoms with Crippen LogP contribution >= 0.6 is 18.9 Å². The highest BCUT2D eigenvalue weighted by atomic mass is 32.1. The number of likely N-dealkylation sites (tertiary alicyclic amines) is 1. The molecule has 2 aliphatic rings.